The van der Waals surface area contributed by atoms with Crippen molar-refractivity contribution in [3.05, 3.63) is 39.9 Å². The Balaban J connectivity index is 1.55. The molecule has 152 valence electrons. The third-order valence-corrected chi connectivity index (χ3v) is 7.04. The summed E-state index contributed by atoms with van der Waals surface area (Å²) in [6.07, 6.45) is 2.43. The number of nitro groups is 1. The summed E-state index contributed by atoms with van der Waals surface area (Å²) in [5, 5.41) is 17.3. The molecule has 0 saturated carbocycles. The van der Waals surface area contributed by atoms with Crippen molar-refractivity contribution in [2.24, 2.45) is 0 Å². The van der Waals surface area contributed by atoms with Crippen LogP contribution in [0.1, 0.15) is 43.5 Å². The second-order valence-corrected chi connectivity index (χ2v) is 8.82. The van der Waals surface area contributed by atoms with Crippen LogP contribution in [0.15, 0.2) is 24.3 Å². The van der Waals surface area contributed by atoms with Crippen LogP contribution < -0.4 is 10.6 Å². The maximum Gasteiger partial charge on any atom is 0.269 e. The number of likely N-dealkylation sites (tertiary alicyclic amines) is 1. The molecule has 9 heteroatoms. The van der Waals surface area contributed by atoms with Crippen molar-refractivity contribution in [1.29, 1.82) is 0 Å². The van der Waals surface area contributed by atoms with E-state index in [4.69, 9.17) is 0 Å². The largest absolute Gasteiger partial charge is 0.352 e. The fourth-order valence-electron chi connectivity index (χ4n) is 3.50. The molecule has 2 saturated heterocycles. The highest BCUT2D eigenvalue weighted by Gasteiger charge is 2.44. The Kier molecular flexibility index (Phi) is 6.24. The predicted octanol–water partition coefficient (Wildman–Crippen LogP) is 2.15. The number of nitrogens with zero attached hydrogens (tertiary/aromatic N) is 2. The van der Waals surface area contributed by atoms with Crippen LogP contribution in [-0.4, -0.2) is 57.4 Å². The van der Waals surface area contributed by atoms with Gasteiger partial charge in [0.1, 0.15) is 0 Å². The fraction of sp³-hybridized carbons (Fsp3) is 0.579. The van der Waals surface area contributed by atoms with Gasteiger partial charge in [-0.15, -0.1) is 11.8 Å². The van der Waals surface area contributed by atoms with Crippen LogP contribution in [0, 0.1) is 10.1 Å². The fourth-order valence-corrected chi connectivity index (χ4v) is 4.92. The first-order valence-corrected chi connectivity index (χ1v) is 10.6. The molecule has 2 aliphatic rings. The van der Waals surface area contributed by atoms with Crippen molar-refractivity contribution >= 4 is 29.3 Å². The molecule has 2 heterocycles. The standard InChI is InChI=1S/C19H26N4O4S/c1-3-13(2)20-17(24)16-12-28-19(21-16)8-10-22(11-9-19)18(25)14-4-6-15(7-5-14)23(26)27/h4-7,13,16,21H,3,8-12H2,1-2H3,(H,20,24)/t13-,16-/m0/s1. The monoisotopic (exact) mass is 406 g/mol. The van der Waals surface area contributed by atoms with E-state index in [-0.39, 0.29) is 34.5 Å². The average molecular weight is 407 g/mol. The molecular formula is C19H26N4O4S. The molecule has 28 heavy (non-hydrogen) atoms. The molecule has 2 fully saturated rings. The van der Waals surface area contributed by atoms with E-state index in [9.17, 15) is 19.7 Å². The molecule has 2 N–H and O–H groups in total. The first-order chi connectivity index (χ1) is 13.3. The summed E-state index contributed by atoms with van der Waals surface area (Å²) >= 11 is 1.77. The summed E-state index contributed by atoms with van der Waals surface area (Å²) in [6, 6.07) is 5.68. The van der Waals surface area contributed by atoms with Gasteiger partial charge in [-0.25, -0.2) is 0 Å². The molecule has 2 amide bonds. The number of nitro benzene ring substituents is 1. The highest BCUT2D eigenvalue weighted by molar-refractivity contribution is 8.01. The number of piperidine rings is 1. The van der Waals surface area contributed by atoms with Gasteiger partial charge in [0, 0.05) is 42.6 Å². The summed E-state index contributed by atoms with van der Waals surface area (Å²) in [5.74, 6) is 0.667. The normalized spacial score (nSPS) is 22.1. The molecule has 1 spiro atoms. The molecular weight excluding hydrogens is 380 g/mol. The number of thioether (sulfide) groups is 1. The van der Waals surface area contributed by atoms with E-state index in [1.54, 1.807) is 16.7 Å². The Morgan fingerprint density at radius 3 is 2.57 bits per heavy atom. The number of non-ortho nitro benzene ring substituents is 1. The van der Waals surface area contributed by atoms with Gasteiger partial charge >= 0.3 is 0 Å². The summed E-state index contributed by atoms with van der Waals surface area (Å²) in [5.41, 5.74) is 0.432. The van der Waals surface area contributed by atoms with Crippen LogP contribution in [0.25, 0.3) is 0 Å². The van der Waals surface area contributed by atoms with Gasteiger partial charge in [0.2, 0.25) is 5.91 Å². The molecule has 0 aliphatic carbocycles. The van der Waals surface area contributed by atoms with Crippen molar-refractivity contribution < 1.29 is 14.5 Å². The Labute approximate surface area is 168 Å². The lowest BCUT2D eigenvalue weighted by molar-refractivity contribution is -0.384. The van der Waals surface area contributed by atoms with Crippen LogP contribution in [0.5, 0.6) is 0 Å². The highest BCUT2D eigenvalue weighted by Crippen LogP contribution is 2.39. The van der Waals surface area contributed by atoms with Crippen molar-refractivity contribution in [1.82, 2.24) is 15.5 Å². The zero-order valence-electron chi connectivity index (χ0n) is 16.1. The summed E-state index contributed by atoms with van der Waals surface area (Å²) in [4.78, 5) is 36.9. The maximum atomic E-state index is 12.7. The minimum Gasteiger partial charge on any atom is -0.352 e. The van der Waals surface area contributed by atoms with E-state index in [1.807, 2.05) is 13.8 Å². The number of hydrogen-bond acceptors (Lipinski definition) is 6. The van der Waals surface area contributed by atoms with Crippen molar-refractivity contribution in [2.45, 2.75) is 50.1 Å². The zero-order valence-corrected chi connectivity index (χ0v) is 17.0. The van der Waals surface area contributed by atoms with E-state index in [1.165, 1.54) is 24.3 Å². The van der Waals surface area contributed by atoms with Crippen molar-refractivity contribution in [2.75, 3.05) is 18.8 Å². The quantitative estimate of drug-likeness (QED) is 0.573. The molecule has 8 nitrogen and oxygen atoms in total. The van der Waals surface area contributed by atoms with Crippen LogP contribution in [-0.2, 0) is 4.79 Å². The minimum atomic E-state index is -0.476. The Bertz CT molecular complexity index is 747. The number of benzene rings is 1. The molecule has 2 atom stereocenters. The van der Waals surface area contributed by atoms with Crippen LogP contribution in [0.2, 0.25) is 0 Å². The number of hydrogen-bond donors (Lipinski definition) is 2. The molecule has 0 unspecified atom stereocenters. The van der Waals surface area contributed by atoms with Crippen molar-refractivity contribution in [3.63, 3.8) is 0 Å². The van der Waals surface area contributed by atoms with E-state index in [0.717, 1.165) is 25.0 Å². The smallest absolute Gasteiger partial charge is 0.269 e. The molecule has 2 aliphatic heterocycles. The molecule has 1 aromatic carbocycles. The summed E-state index contributed by atoms with van der Waals surface area (Å²) < 4.78 is 0. The summed E-state index contributed by atoms with van der Waals surface area (Å²) in [6.45, 7) is 5.23. The molecule has 1 aromatic rings. The lowest BCUT2D eigenvalue weighted by Gasteiger charge is -2.39. The van der Waals surface area contributed by atoms with Gasteiger partial charge in [-0.05, 0) is 38.3 Å². The number of carbonyl (C=O) groups is 2. The van der Waals surface area contributed by atoms with Crippen molar-refractivity contribution in [3.8, 4) is 0 Å². The van der Waals surface area contributed by atoms with Gasteiger partial charge in [-0.3, -0.25) is 25.0 Å². The van der Waals surface area contributed by atoms with E-state index < -0.39 is 4.92 Å². The number of nitrogens with one attached hydrogen (secondary N) is 2. The first-order valence-electron chi connectivity index (χ1n) is 9.59. The summed E-state index contributed by atoms with van der Waals surface area (Å²) in [7, 11) is 0. The van der Waals surface area contributed by atoms with Gasteiger partial charge in [-0.1, -0.05) is 6.92 Å². The Morgan fingerprint density at radius 1 is 1.36 bits per heavy atom. The van der Waals surface area contributed by atoms with Gasteiger partial charge in [-0.2, -0.15) is 0 Å². The van der Waals surface area contributed by atoms with E-state index in [0.29, 0.717) is 18.7 Å². The Hall–Kier alpha value is -2.13. The predicted molar refractivity (Wildman–Crippen MR) is 108 cm³/mol. The number of rotatable bonds is 5. The minimum absolute atomic E-state index is 0.0255. The molecule has 0 aromatic heterocycles. The van der Waals surface area contributed by atoms with Gasteiger partial charge in [0.25, 0.3) is 11.6 Å². The lowest BCUT2D eigenvalue weighted by atomic mass is 10.0. The molecule has 0 radical (unpaired) electrons. The highest BCUT2D eigenvalue weighted by atomic mass is 32.2. The second kappa shape index (κ2) is 8.48. The van der Waals surface area contributed by atoms with Gasteiger partial charge < -0.3 is 10.2 Å². The SMILES string of the molecule is CC[C@H](C)NC(=O)[C@@H]1CSC2(CCN(C(=O)c3ccc([N+](=O)[O-])cc3)CC2)N1. The second-order valence-electron chi connectivity index (χ2n) is 7.42. The topological polar surface area (TPSA) is 105 Å². The Morgan fingerprint density at radius 2 is 2.00 bits per heavy atom. The number of carbonyl (C=O) groups excluding carboxylic acids is 2. The van der Waals surface area contributed by atoms with Gasteiger partial charge in [0.05, 0.1) is 15.8 Å². The first kappa shape index (κ1) is 20.6. The van der Waals surface area contributed by atoms with E-state index >= 15 is 0 Å². The van der Waals surface area contributed by atoms with Crippen LogP contribution in [0.3, 0.4) is 0 Å². The van der Waals surface area contributed by atoms with E-state index in [2.05, 4.69) is 10.6 Å². The third-order valence-electron chi connectivity index (χ3n) is 5.46. The maximum absolute atomic E-state index is 12.7. The lowest BCUT2D eigenvalue weighted by Crippen LogP contribution is -2.55. The zero-order chi connectivity index (χ0) is 20.3. The van der Waals surface area contributed by atoms with Gasteiger partial charge in [0.15, 0.2) is 0 Å². The molecule has 3 rings (SSSR count). The average Bonchev–Trinajstić information content (AvgIpc) is 3.11. The van der Waals surface area contributed by atoms with Crippen LogP contribution >= 0.6 is 11.8 Å². The molecule has 0 bridgehead atoms. The number of amides is 2. The third kappa shape index (κ3) is 4.47. The van der Waals surface area contributed by atoms with Crippen LogP contribution in [0.4, 0.5) is 5.69 Å².